The lowest BCUT2D eigenvalue weighted by Crippen LogP contribution is -2.37. The minimum Gasteiger partial charge on any atom is -0.481 e. The van der Waals surface area contributed by atoms with E-state index in [2.05, 4.69) is 10.6 Å². The summed E-state index contributed by atoms with van der Waals surface area (Å²) < 4.78 is 5.66. The van der Waals surface area contributed by atoms with Crippen molar-refractivity contribution in [3.05, 3.63) is 24.3 Å². The fourth-order valence-corrected chi connectivity index (χ4v) is 2.82. The lowest BCUT2D eigenvalue weighted by atomic mass is 10.1. The van der Waals surface area contributed by atoms with Crippen molar-refractivity contribution in [2.24, 2.45) is 5.92 Å². The molecule has 1 amide bonds. The predicted octanol–water partition coefficient (Wildman–Crippen LogP) is 2.29. The number of benzene rings is 1. The SMILES string of the molecule is CSc1ccc(OC(C)C(=O)NCCC2CCNC2)cc1. The second-order valence-electron chi connectivity index (χ2n) is 5.37. The molecule has 5 heteroatoms. The van der Waals surface area contributed by atoms with E-state index in [0.29, 0.717) is 5.92 Å². The van der Waals surface area contributed by atoms with Crippen molar-refractivity contribution in [1.82, 2.24) is 10.6 Å². The topological polar surface area (TPSA) is 50.4 Å². The first-order chi connectivity index (χ1) is 10.2. The van der Waals surface area contributed by atoms with Crippen LogP contribution in [0.3, 0.4) is 0 Å². The molecule has 0 radical (unpaired) electrons. The van der Waals surface area contributed by atoms with Gasteiger partial charge in [-0.15, -0.1) is 11.8 Å². The Hall–Kier alpha value is -1.20. The van der Waals surface area contributed by atoms with Crippen molar-refractivity contribution in [1.29, 1.82) is 0 Å². The average Bonchev–Trinajstić information content (AvgIpc) is 3.01. The molecule has 0 bridgehead atoms. The molecule has 21 heavy (non-hydrogen) atoms. The lowest BCUT2D eigenvalue weighted by molar-refractivity contribution is -0.127. The van der Waals surface area contributed by atoms with Gasteiger partial charge in [0.2, 0.25) is 0 Å². The molecule has 116 valence electrons. The van der Waals surface area contributed by atoms with Crippen molar-refractivity contribution in [2.75, 3.05) is 25.9 Å². The molecule has 1 aliphatic heterocycles. The summed E-state index contributed by atoms with van der Waals surface area (Å²) in [7, 11) is 0. The van der Waals surface area contributed by atoms with Crippen molar-refractivity contribution in [3.63, 3.8) is 0 Å². The average molecular weight is 308 g/mol. The van der Waals surface area contributed by atoms with Crippen molar-refractivity contribution < 1.29 is 9.53 Å². The van der Waals surface area contributed by atoms with Gasteiger partial charge < -0.3 is 15.4 Å². The van der Waals surface area contributed by atoms with E-state index in [-0.39, 0.29) is 5.91 Å². The maximum Gasteiger partial charge on any atom is 0.260 e. The van der Waals surface area contributed by atoms with Crippen molar-refractivity contribution >= 4 is 17.7 Å². The summed E-state index contributed by atoms with van der Waals surface area (Å²) in [4.78, 5) is 13.2. The maximum absolute atomic E-state index is 12.0. The van der Waals surface area contributed by atoms with Crippen LogP contribution in [0.25, 0.3) is 0 Å². The van der Waals surface area contributed by atoms with Gasteiger partial charge in [0.1, 0.15) is 5.75 Å². The van der Waals surface area contributed by atoms with Gasteiger partial charge >= 0.3 is 0 Å². The van der Waals surface area contributed by atoms with Crippen LogP contribution in [0.4, 0.5) is 0 Å². The van der Waals surface area contributed by atoms with Gasteiger partial charge in [0.05, 0.1) is 0 Å². The number of nitrogens with one attached hydrogen (secondary N) is 2. The quantitative estimate of drug-likeness (QED) is 0.759. The maximum atomic E-state index is 12.0. The first-order valence-electron chi connectivity index (χ1n) is 7.48. The summed E-state index contributed by atoms with van der Waals surface area (Å²) in [5.74, 6) is 1.38. The number of ether oxygens (including phenoxy) is 1. The van der Waals surface area contributed by atoms with Gasteiger partial charge in [-0.3, -0.25) is 4.79 Å². The van der Waals surface area contributed by atoms with E-state index in [9.17, 15) is 4.79 Å². The highest BCUT2D eigenvalue weighted by atomic mass is 32.2. The summed E-state index contributed by atoms with van der Waals surface area (Å²) in [5.41, 5.74) is 0. The first-order valence-corrected chi connectivity index (χ1v) is 8.70. The summed E-state index contributed by atoms with van der Waals surface area (Å²) in [6.45, 7) is 4.69. The molecule has 1 fully saturated rings. The number of amides is 1. The van der Waals surface area contributed by atoms with Crippen LogP contribution in [-0.2, 0) is 4.79 Å². The van der Waals surface area contributed by atoms with Crippen LogP contribution in [-0.4, -0.2) is 37.9 Å². The smallest absolute Gasteiger partial charge is 0.260 e. The Labute approximate surface area is 131 Å². The second-order valence-corrected chi connectivity index (χ2v) is 6.25. The molecule has 2 rings (SSSR count). The highest BCUT2D eigenvalue weighted by Gasteiger charge is 2.17. The Morgan fingerprint density at radius 1 is 1.48 bits per heavy atom. The minimum atomic E-state index is -0.466. The predicted molar refractivity (Wildman–Crippen MR) is 86.9 cm³/mol. The standard InChI is InChI=1S/C16H24N2O2S/c1-12(20-14-3-5-15(21-2)6-4-14)16(19)18-10-8-13-7-9-17-11-13/h3-6,12-13,17H,7-11H2,1-2H3,(H,18,19). The number of rotatable bonds is 7. The van der Waals surface area contributed by atoms with Gasteiger partial charge in [-0.05, 0) is 69.3 Å². The zero-order valence-electron chi connectivity index (χ0n) is 12.7. The number of hydrogen-bond acceptors (Lipinski definition) is 4. The van der Waals surface area contributed by atoms with E-state index >= 15 is 0 Å². The minimum absolute atomic E-state index is 0.0464. The number of thioether (sulfide) groups is 1. The van der Waals surface area contributed by atoms with E-state index in [1.165, 1.54) is 11.3 Å². The molecule has 0 aliphatic carbocycles. The van der Waals surface area contributed by atoms with Crippen molar-refractivity contribution in [3.8, 4) is 5.75 Å². The third-order valence-corrected chi connectivity index (χ3v) is 4.50. The molecular weight excluding hydrogens is 284 g/mol. The molecule has 2 N–H and O–H groups in total. The Bertz CT molecular complexity index is 444. The Morgan fingerprint density at radius 3 is 2.86 bits per heavy atom. The van der Waals surface area contributed by atoms with E-state index in [4.69, 9.17) is 4.74 Å². The number of carbonyl (C=O) groups is 1. The molecule has 1 aromatic rings. The van der Waals surface area contributed by atoms with Crippen LogP contribution in [0.15, 0.2) is 29.2 Å². The third kappa shape index (κ3) is 5.25. The molecule has 2 unspecified atom stereocenters. The zero-order valence-corrected chi connectivity index (χ0v) is 13.5. The monoisotopic (exact) mass is 308 g/mol. The summed E-state index contributed by atoms with van der Waals surface area (Å²) in [6, 6.07) is 7.80. The molecule has 1 aliphatic rings. The number of carbonyl (C=O) groups excluding carboxylic acids is 1. The molecular formula is C16H24N2O2S. The highest BCUT2D eigenvalue weighted by Crippen LogP contribution is 2.19. The van der Waals surface area contributed by atoms with Crippen LogP contribution < -0.4 is 15.4 Å². The van der Waals surface area contributed by atoms with Crippen LogP contribution in [0.2, 0.25) is 0 Å². The van der Waals surface area contributed by atoms with Crippen LogP contribution in [0.5, 0.6) is 5.75 Å². The van der Waals surface area contributed by atoms with Gasteiger partial charge in [0.25, 0.3) is 5.91 Å². The number of hydrogen-bond donors (Lipinski definition) is 2. The molecule has 1 saturated heterocycles. The van der Waals surface area contributed by atoms with Gasteiger partial charge in [0.15, 0.2) is 6.10 Å². The molecule has 4 nitrogen and oxygen atoms in total. The van der Waals surface area contributed by atoms with Crippen LogP contribution >= 0.6 is 11.8 Å². The summed E-state index contributed by atoms with van der Waals surface area (Å²) in [5, 5.41) is 6.29. The van der Waals surface area contributed by atoms with Gasteiger partial charge in [0, 0.05) is 11.4 Å². The fourth-order valence-electron chi connectivity index (χ4n) is 2.42. The molecule has 0 saturated carbocycles. The van der Waals surface area contributed by atoms with Crippen LogP contribution in [0, 0.1) is 5.92 Å². The third-order valence-electron chi connectivity index (χ3n) is 3.76. The van der Waals surface area contributed by atoms with Crippen LogP contribution in [0.1, 0.15) is 19.8 Å². The molecule has 0 spiro atoms. The lowest BCUT2D eigenvalue weighted by Gasteiger charge is -2.16. The van der Waals surface area contributed by atoms with Gasteiger partial charge in [-0.1, -0.05) is 0 Å². The highest BCUT2D eigenvalue weighted by molar-refractivity contribution is 7.98. The molecule has 0 aromatic heterocycles. The zero-order chi connectivity index (χ0) is 15.1. The second kappa shape index (κ2) is 8.29. The van der Waals surface area contributed by atoms with Gasteiger partial charge in [-0.2, -0.15) is 0 Å². The molecule has 1 heterocycles. The fraction of sp³-hybridized carbons (Fsp3) is 0.562. The molecule has 2 atom stereocenters. The van der Waals surface area contributed by atoms with E-state index < -0.39 is 6.10 Å². The normalized spacial score (nSPS) is 19.2. The first kappa shape index (κ1) is 16.2. The Balaban J connectivity index is 1.70. The van der Waals surface area contributed by atoms with Gasteiger partial charge in [-0.25, -0.2) is 0 Å². The Kier molecular flexibility index (Phi) is 6.39. The Morgan fingerprint density at radius 2 is 2.24 bits per heavy atom. The summed E-state index contributed by atoms with van der Waals surface area (Å²) >= 11 is 1.69. The van der Waals surface area contributed by atoms with Crippen molar-refractivity contribution in [2.45, 2.75) is 30.8 Å². The summed E-state index contributed by atoms with van der Waals surface area (Å²) in [6.07, 6.45) is 3.82. The largest absolute Gasteiger partial charge is 0.481 e. The van der Waals surface area contributed by atoms with E-state index in [1.54, 1.807) is 18.7 Å². The van der Waals surface area contributed by atoms with E-state index in [1.807, 2.05) is 30.5 Å². The molecule has 1 aromatic carbocycles. The van der Waals surface area contributed by atoms with E-state index in [0.717, 1.165) is 31.8 Å².